The van der Waals surface area contributed by atoms with Gasteiger partial charge in [0.2, 0.25) is 5.91 Å². The van der Waals surface area contributed by atoms with Gasteiger partial charge < -0.3 is 10.3 Å². The maximum atomic E-state index is 11.9. The second-order valence-corrected chi connectivity index (χ2v) is 6.48. The molecule has 0 unspecified atom stereocenters. The molecule has 0 radical (unpaired) electrons. The summed E-state index contributed by atoms with van der Waals surface area (Å²) in [5.41, 5.74) is 1.88. The van der Waals surface area contributed by atoms with E-state index in [2.05, 4.69) is 27.4 Å². The monoisotopic (exact) mass is 345 g/mol. The van der Waals surface area contributed by atoms with Crippen LogP contribution < -0.4 is 10.9 Å². The van der Waals surface area contributed by atoms with Crippen molar-refractivity contribution in [3.8, 4) is 0 Å². The van der Waals surface area contributed by atoms with Crippen LogP contribution in [0.25, 0.3) is 0 Å². The van der Waals surface area contributed by atoms with Crippen molar-refractivity contribution in [3.05, 3.63) is 58.0 Å². The molecule has 0 aliphatic rings. The highest BCUT2D eigenvalue weighted by atomic mass is 32.2. The fourth-order valence-electron chi connectivity index (χ4n) is 2.29. The average Bonchev–Trinajstić information content (AvgIpc) is 2.58. The van der Waals surface area contributed by atoms with Gasteiger partial charge in [0, 0.05) is 18.3 Å². The normalized spacial score (nSPS) is 10.5. The van der Waals surface area contributed by atoms with Gasteiger partial charge in [0.05, 0.1) is 5.75 Å². The average molecular weight is 345 g/mol. The first-order valence-electron chi connectivity index (χ1n) is 8.21. The Bertz CT molecular complexity index is 701. The molecule has 24 heavy (non-hydrogen) atoms. The van der Waals surface area contributed by atoms with Gasteiger partial charge in [-0.1, -0.05) is 55.4 Å². The summed E-state index contributed by atoms with van der Waals surface area (Å²) in [6.07, 6.45) is 3.55. The molecule has 1 aromatic carbocycles. The number of aryl methyl sites for hydroxylation is 2. The van der Waals surface area contributed by atoms with E-state index in [9.17, 15) is 9.59 Å². The number of H-pyrrole nitrogens is 1. The highest BCUT2D eigenvalue weighted by Crippen LogP contribution is 2.11. The first-order chi connectivity index (χ1) is 11.7. The molecule has 0 saturated heterocycles. The van der Waals surface area contributed by atoms with Crippen molar-refractivity contribution in [3.63, 3.8) is 0 Å². The van der Waals surface area contributed by atoms with E-state index in [0.29, 0.717) is 11.7 Å². The third-order valence-electron chi connectivity index (χ3n) is 3.43. The van der Waals surface area contributed by atoms with Gasteiger partial charge in [0.25, 0.3) is 5.56 Å². The summed E-state index contributed by atoms with van der Waals surface area (Å²) in [6, 6.07) is 11.7. The first kappa shape index (κ1) is 18.3. The number of thioether (sulfide) groups is 1. The zero-order valence-corrected chi connectivity index (χ0v) is 14.7. The molecule has 1 heterocycles. The first-order valence-corrected chi connectivity index (χ1v) is 9.19. The van der Waals surface area contributed by atoms with E-state index in [1.165, 1.54) is 23.4 Å². The zero-order valence-electron chi connectivity index (χ0n) is 13.9. The largest absolute Gasteiger partial charge is 0.355 e. The summed E-state index contributed by atoms with van der Waals surface area (Å²) in [6.45, 7) is 2.69. The fraction of sp³-hybridized carbons (Fsp3) is 0.389. The number of aromatic nitrogens is 2. The lowest BCUT2D eigenvalue weighted by atomic mass is 10.1. The van der Waals surface area contributed by atoms with Gasteiger partial charge in [-0.15, -0.1) is 0 Å². The van der Waals surface area contributed by atoms with E-state index in [-0.39, 0.29) is 17.2 Å². The Balaban J connectivity index is 1.70. The number of hydrogen-bond acceptors (Lipinski definition) is 4. The van der Waals surface area contributed by atoms with Crippen molar-refractivity contribution < 1.29 is 4.79 Å². The molecule has 1 aromatic heterocycles. The van der Waals surface area contributed by atoms with Crippen LogP contribution in [0.15, 0.2) is 46.3 Å². The summed E-state index contributed by atoms with van der Waals surface area (Å²) in [7, 11) is 0. The topological polar surface area (TPSA) is 74.8 Å². The van der Waals surface area contributed by atoms with E-state index in [1.54, 1.807) is 0 Å². The number of carbonyl (C=O) groups is 1. The fourth-order valence-corrected chi connectivity index (χ4v) is 3.01. The van der Waals surface area contributed by atoms with Crippen LogP contribution >= 0.6 is 11.8 Å². The molecule has 0 spiro atoms. The summed E-state index contributed by atoms with van der Waals surface area (Å²) >= 11 is 1.26. The Morgan fingerprint density at radius 1 is 1.25 bits per heavy atom. The van der Waals surface area contributed by atoms with Crippen molar-refractivity contribution in [1.82, 2.24) is 15.3 Å². The maximum absolute atomic E-state index is 11.9. The predicted molar refractivity (Wildman–Crippen MR) is 97.3 cm³/mol. The summed E-state index contributed by atoms with van der Waals surface area (Å²) < 4.78 is 0. The molecule has 6 heteroatoms. The Kier molecular flexibility index (Phi) is 7.55. The number of aromatic amines is 1. The third-order valence-corrected chi connectivity index (χ3v) is 4.30. The van der Waals surface area contributed by atoms with Gasteiger partial charge >= 0.3 is 0 Å². The molecule has 2 N–H and O–H groups in total. The van der Waals surface area contributed by atoms with Gasteiger partial charge in [0.1, 0.15) is 0 Å². The molecule has 0 bridgehead atoms. The van der Waals surface area contributed by atoms with E-state index >= 15 is 0 Å². The SMILES string of the molecule is CCCc1cc(=O)[nH]c(SCC(=O)NCCCc2ccccc2)n1. The minimum Gasteiger partial charge on any atom is -0.355 e. The van der Waals surface area contributed by atoms with Crippen LogP contribution in [0.4, 0.5) is 0 Å². The van der Waals surface area contributed by atoms with Crippen LogP contribution in [0.2, 0.25) is 0 Å². The Morgan fingerprint density at radius 3 is 2.79 bits per heavy atom. The quantitative estimate of drug-likeness (QED) is 0.416. The maximum Gasteiger partial charge on any atom is 0.251 e. The molecule has 2 rings (SSSR count). The summed E-state index contributed by atoms with van der Waals surface area (Å²) in [5.74, 6) is 0.209. The molecule has 5 nitrogen and oxygen atoms in total. The smallest absolute Gasteiger partial charge is 0.251 e. The molecule has 0 atom stereocenters. The lowest BCUT2D eigenvalue weighted by molar-refractivity contribution is -0.118. The molecule has 2 aromatic rings. The molecule has 0 aliphatic heterocycles. The van der Waals surface area contributed by atoms with Crippen LogP contribution in [-0.4, -0.2) is 28.2 Å². The number of amides is 1. The van der Waals surface area contributed by atoms with Crippen LogP contribution in [0.3, 0.4) is 0 Å². The van der Waals surface area contributed by atoms with E-state index in [4.69, 9.17) is 0 Å². The van der Waals surface area contributed by atoms with Crippen LogP contribution in [0.1, 0.15) is 31.0 Å². The van der Waals surface area contributed by atoms with Crippen LogP contribution in [0, 0.1) is 0 Å². The van der Waals surface area contributed by atoms with Gasteiger partial charge in [0.15, 0.2) is 5.16 Å². The molecule has 0 aliphatic carbocycles. The standard InChI is InChI=1S/C18H23N3O2S/c1-2-7-15-12-16(22)21-18(20-15)24-13-17(23)19-11-6-10-14-8-4-3-5-9-14/h3-5,8-9,12H,2,6-7,10-11,13H2,1H3,(H,19,23)(H,20,21,22). The number of benzene rings is 1. The molecule has 128 valence electrons. The zero-order chi connectivity index (χ0) is 17.2. The predicted octanol–water partition coefficient (Wildman–Crippen LogP) is 2.56. The highest BCUT2D eigenvalue weighted by Gasteiger charge is 2.06. The van der Waals surface area contributed by atoms with E-state index in [0.717, 1.165) is 31.4 Å². The van der Waals surface area contributed by atoms with Crippen molar-refractivity contribution in [2.75, 3.05) is 12.3 Å². The van der Waals surface area contributed by atoms with Crippen molar-refractivity contribution >= 4 is 17.7 Å². The number of nitrogens with one attached hydrogen (secondary N) is 2. The molecule has 0 fully saturated rings. The van der Waals surface area contributed by atoms with E-state index < -0.39 is 0 Å². The second kappa shape index (κ2) is 9.93. The van der Waals surface area contributed by atoms with Gasteiger partial charge in [-0.25, -0.2) is 4.98 Å². The second-order valence-electron chi connectivity index (χ2n) is 5.52. The minimum absolute atomic E-state index is 0.0448. The van der Waals surface area contributed by atoms with Crippen molar-refractivity contribution in [1.29, 1.82) is 0 Å². The van der Waals surface area contributed by atoms with Gasteiger partial charge in [-0.05, 0) is 24.8 Å². The lowest BCUT2D eigenvalue weighted by Gasteiger charge is -2.06. The van der Waals surface area contributed by atoms with Crippen molar-refractivity contribution in [2.24, 2.45) is 0 Å². The Labute approximate surface area is 146 Å². The molecular formula is C18H23N3O2S. The number of rotatable bonds is 9. The molecule has 0 saturated carbocycles. The molecular weight excluding hydrogens is 322 g/mol. The lowest BCUT2D eigenvalue weighted by Crippen LogP contribution is -2.26. The van der Waals surface area contributed by atoms with Crippen molar-refractivity contribution in [2.45, 2.75) is 37.8 Å². The molecule has 1 amide bonds. The minimum atomic E-state index is -0.167. The third kappa shape index (κ3) is 6.58. The Hall–Kier alpha value is -2.08. The van der Waals surface area contributed by atoms with Crippen LogP contribution in [0.5, 0.6) is 0 Å². The highest BCUT2D eigenvalue weighted by molar-refractivity contribution is 7.99. The summed E-state index contributed by atoms with van der Waals surface area (Å²) in [5, 5.41) is 3.40. The summed E-state index contributed by atoms with van der Waals surface area (Å²) in [4.78, 5) is 30.5. The van der Waals surface area contributed by atoms with E-state index in [1.807, 2.05) is 25.1 Å². The van der Waals surface area contributed by atoms with Gasteiger partial charge in [-0.3, -0.25) is 9.59 Å². The number of hydrogen-bond donors (Lipinski definition) is 2. The van der Waals surface area contributed by atoms with Gasteiger partial charge in [-0.2, -0.15) is 0 Å². The number of carbonyl (C=O) groups excluding carboxylic acids is 1. The van der Waals surface area contributed by atoms with Crippen LogP contribution in [-0.2, 0) is 17.6 Å². The Morgan fingerprint density at radius 2 is 2.04 bits per heavy atom. The number of nitrogens with zero attached hydrogens (tertiary/aromatic N) is 1.